The Bertz CT molecular complexity index is 1090. The number of nitrogens with zero attached hydrogens (tertiary/aromatic N) is 1. The maximum absolute atomic E-state index is 13.5. The first-order valence-corrected chi connectivity index (χ1v) is 10.6. The quantitative estimate of drug-likeness (QED) is 0.551. The zero-order chi connectivity index (χ0) is 22.7. The Morgan fingerprint density at radius 1 is 0.969 bits per heavy atom. The van der Waals surface area contributed by atoms with Crippen LogP contribution in [0.5, 0.6) is 17.2 Å². The lowest BCUT2D eigenvalue weighted by molar-refractivity contribution is 0.194. The van der Waals surface area contributed by atoms with Crippen LogP contribution >= 0.6 is 11.6 Å². The van der Waals surface area contributed by atoms with Gasteiger partial charge in [0.2, 0.25) is 5.75 Å². The number of halogens is 1. The van der Waals surface area contributed by atoms with Gasteiger partial charge < -0.3 is 24.4 Å². The summed E-state index contributed by atoms with van der Waals surface area (Å²) in [6.45, 7) is 0.584. The van der Waals surface area contributed by atoms with Gasteiger partial charge in [-0.25, -0.2) is 4.79 Å². The third-order valence-electron chi connectivity index (χ3n) is 5.65. The first-order valence-electron chi connectivity index (χ1n) is 10.3. The summed E-state index contributed by atoms with van der Waals surface area (Å²) in [6, 6.07) is 18.9. The van der Waals surface area contributed by atoms with Crippen molar-refractivity contribution in [2.75, 3.05) is 33.2 Å². The van der Waals surface area contributed by atoms with Gasteiger partial charge in [0, 0.05) is 23.7 Å². The molecule has 0 saturated heterocycles. The predicted molar refractivity (Wildman–Crippen MR) is 125 cm³/mol. The molecular weight excluding hydrogens is 428 g/mol. The lowest BCUT2D eigenvalue weighted by Crippen LogP contribution is -2.43. The van der Waals surface area contributed by atoms with Crippen LogP contribution in [0.4, 0.5) is 10.5 Å². The molecule has 3 aromatic carbocycles. The lowest BCUT2D eigenvalue weighted by atomic mass is 9.88. The maximum atomic E-state index is 13.5. The van der Waals surface area contributed by atoms with Crippen molar-refractivity contribution >= 4 is 23.3 Å². The lowest BCUT2D eigenvalue weighted by Gasteiger charge is -2.37. The molecule has 7 heteroatoms. The molecule has 0 spiro atoms. The SMILES string of the molecule is COc1cc(NC(=O)N2CCc3ccccc3C2c2ccc(Cl)cc2)cc(OC)c1OC. The van der Waals surface area contributed by atoms with Gasteiger partial charge in [0.15, 0.2) is 11.5 Å². The molecule has 0 radical (unpaired) electrons. The third kappa shape index (κ3) is 4.18. The molecule has 0 aromatic heterocycles. The van der Waals surface area contributed by atoms with Gasteiger partial charge in [0.05, 0.1) is 33.1 Å². The number of methoxy groups -OCH3 is 3. The number of fused-ring (bicyclic) bond motifs is 1. The van der Waals surface area contributed by atoms with E-state index >= 15 is 0 Å². The van der Waals surface area contributed by atoms with Crippen molar-refractivity contribution in [3.05, 3.63) is 82.4 Å². The van der Waals surface area contributed by atoms with Crippen molar-refractivity contribution in [2.45, 2.75) is 12.5 Å². The summed E-state index contributed by atoms with van der Waals surface area (Å²) in [5.74, 6) is 1.42. The van der Waals surface area contributed by atoms with Gasteiger partial charge in [-0.2, -0.15) is 0 Å². The summed E-state index contributed by atoms with van der Waals surface area (Å²) < 4.78 is 16.2. The van der Waals surface area contributed by atoms with E-state index in [4.69, 9.17) is 25.8 Å². The van der Waals surface area contributed by atoms with Gasteiger partial charge in [-0.1, -0.05) is 48.0 Å². The van der Waals surface area contributed by atoms with Gasteiger partial charge in [0.1, 0.15) is 0 Å². The molecule has 1 atom stereocenters. The number of hydrogen-bond donors (Lipinski definition) is 1. The van der Waals surface area contributed by atoms with Crippen molar-refractivity contribution in [1.82, 2.24) is 4.90 Å². The highest BCUT2D eigenvalue weighted by Crippen LogP contribution is 2.41. The van der Waals surface area contributed by atoms with Crippen LogP contribution in [0.3, 0.4) is 0 Å². The van der Waals surface area contributed by atoms with E-state index in [2.05, 4.69) is 17.4 Å². The molecule has 0 fully saturated rings. The van der Waals surface area contributed by atoms with Crippen molar-refractivity contribution in [3.63, 3.8) is 0 Å². The average Bonchev–Trinajstić information content (AvgIpc) is 2.83. The Morgan fingerprint density at radius 3 is 2.25 bits per heavy atom. The Hall–Kier alpha value is -3.38. The van der Waals surface area contributed by atoms with Crippen molar-refractivity contribution < 1.29 is 19.0 Å². The zero-order valence-electron chi connectivity index (χ0n) is 18.2. The van der Waals surface area contributed by atoms with E-state index in [9.17, 15) is 4.79 Å². The first kappa shape index (κ1) is 21.8. The molecular formula is C25H25ClN2O4. The molecule has 1 aliphatic heterocycles. The van der Waals surface area contributed by atoms with Crippen LogP contribution in [0.25, 0.3) is 0 Å². The zero-order valence-corrected chi connectivity index (χ0v) is 19.0. The smallest absolute Gasteiger partial charge is 0.322 e. The Labute approximate surface area is 192 Å². The van der Waals surface area contributed by atoms with Gasteiger partial charge in [-0.05, 0) is 35.2 Å². The molecule has 0 saturated carbocycles. The fraction of sp³-hybridized carbons (Fsp3) is 0.240. The maximum Gasteiger partial charge on any atom is 0.322 e. The fourth-order valence-corrected chi connectivity index (χ4v) is 4.26. The van der Waals surface area contributed by atoms with Gasteiger partial charge in [0.25, 0.3) is 0 Å². The summed E-state index contributed by atoms with van der Waals surface area (Å²) in [5, 5.41) is 3.66. The van der Waals surface area contributed by atoms with Crippen molar-refractivity contribution in [3.8, 4) is 17.2 Å². The van der Waals surface area contributed by atoms with Crippen LogP contribution in [-0.4, -0.2) is 38.8 Å². The van der Waals surface area contributed by atoms with Crippen LogP contribution in [0.15, 0.2) is 60.7 Å². The molecule has 2 amide bonds. The van der Waals surface area contributed by atoms with E-state index in [1.54, 1.807) is 33.5 Å². The van der Waals surface area contributed by atoms with E-state index in [-0.39, 0.29) is 12.1 Å². The normalized spacial score (nSPS) is 15.0. The second-order valence-corrected chi connectivity index (χ2v) is 7.88. The molecule has 1 N–H and O–H groups in total. The molecule has 0 aliphatic carbocycles. The fourth-order valence-electron chi connectivity index (χ4n) is 4.14. The minimum Gasteiger partial charge on any atom is -0.493 e. The van der Waals surface area contributed by atoms with Crippen LogP contribution in [0, 0.1) is 0 Å². The number of anilines is 1. The Balaban J connectivity index is 1.69. The monoisotopic (exact) mass is 452 g/mol. The number of carbonyl (C=O) groups excluding carboxylic acids is 1. The minimum absolute atomic E-state index is 0.214. The highest BCUT2D eigenvalue weighted by Gasteiger charge is 2.32. The molecule has 32 heavy (non-hydrogen) atoms. The van der Waals surface area contributed by atoms with E-state index in [1.165, 1.54) is 5.56 Å². The van der Waals surface area contributed by atoms with Gasteiger partial charge in [-0.3, -0.25) is 0 Å². The van der Waals surface area contributed by atoms with Crippen LogP contribution in [0.1, 0.15) is 22.7 Å². The average molecular weight is 453 g/mol. The predicted octanol–water partition coefficient (Wildman–Crippen LogP) is 5.55. The second-order valence-electron chi connectivity index (χ2n) is 7.44. The molecule has 3 aromatic rings. The number of nitrogens with one attached hydrogen (secondary N) is 1. The van der Waals surface area contributed by atoms with E-state index in [1.807, 2.05) is 41.3 Å². The molecule has 6 nitrogen and oxygen atoms in total. The molecule has 1 heterocycles. The molecule has 4 rings (SSSR count). The Kier molecular flexibility index (Phi) is 6.42. The highest BCUT2D eigenvalue weighted by molar-refractivity contribution is 6.30. The van der Waals surface area contributed by atoms with Crippen LogP contribution < -0.4 is 19.5 Å². The highest BCUT2D eigenvalue weighted by atomic mass is 35.5. The van der Waals surface area contributed by atoms with Crippen molar-refractivity contribution in [1.29, 1.82) is 0 Å². The van der Waals surface area contributed by atoms with E-state index in [0.29, 0.717) is 34.5 Å². The topological polar surface area (TPSA) is 60.0 Å². The summed E-state index contributed by atoms with van der Waals surface area (Å²) in [4.78, 5) is 15.3. The number of urea groups is 1. The van der Waals surface area contributed by atoms with Crippen LogP contribution in [-0.2, 0) is 6.42 Å². The Morgan fingerprint density at radius 2 is 1.62 bits per heavy atom. The van der Waals surface area contributed by atoms with Gasteiger partial charge >= 0.3 is 6.03 Å². The number of hydrogen-bond acceptors (Lipinski definition) is 4. The second kappa shape index (κ2) is 9.40. The largest absolute Gasteiger partial charge is 0.493 e. The molecule has 1 aliphatic rings. The van der Waals surface area contributed by atoms with Gasteiger partial charge in [-0.15, -0.1) is 0 Å². The number of rotatable bonds is 5. The van der Waals surface area contributed by atoms with Crippen molar-refractivity contribution in [2.24, 2.45) is 0 Å². The minimum atomic E-state index is -0.223. The molecule has 1 unspecified atom stereocenters. The first-order chi connectivity index (χ1) is 15.5. The summed E-state index contributed by atoms with van der Waals surface area (Å²) >= 11 is 6.11. The number of ether oxygens (including phenoxy) is 3. The van der Waals surface area contributed by atoms with Crippen LogP contribution in [0.2, 0.25) is 5.02 Å². The summed E-state index contributed by atoms with van der Waals surface area (Å²) in [5.41, 5.74) is 3.91. The molecule has 166 valence electrons. The standard InChI is InChI=1S/C25H25ClN2O4/c1-30-21-14-19(15-22(31-2)24(21)32-3)27-25(29)28-13-12-16-6-4-5-7-20(16)23(28)17-8-10-18(26)11-9-17/h4-11,14-15,23H,12-13H2,1-3H3,(H,27,29). The number of carbonyl (C=O) groups is 1. The number of benzene rings is 3. The summed E-state index contributed by atoms with van der Waals surface area (Å²) in [7, 11) is 4.63. The molecule has 0 bridgehead atoms. The van der Waals surface area contributed by atoms with E-state index < -0.39 is 0 Å². The van der Waals surface area contributed by atoms with E-state index in [0.717, 1.165) is 17.5 Å². The number of amides is 2. The third-order valence-corrected chi connectivity index (χ3v) is 5.90. The summed E-state index contributed by atoms with van der Waals surface area (Å²) in [6.07, 6.45) is 0.781.